The van der Waals surface area contributed by atoms with Gasteiger partial charge in [0.15, 0.2) is 0 Å². The third-order valence-electron chi connectivity index (χ3n) is 3.95. The van der Waals surface area contributed by atoms with Crippen LogP contribution in [0.4, 0.5) is 0 Å². The van der Waals surface area contributed by atoms with E-state index < -0.39 is 11.4 Å². The fraction of sp³-hybridized carbons (Fsp3) is 0.250. The Morgan fingerprint density at radius 3 is 2.42 bits per heavy atom. The molecule has 0 saturated heterocycles. The first kappa shape index (κ1) is 11.9. The average molecular weight is 253 g/mol. The van der Waals surface area contributed by atoms with Crippen molar-refractivity contribution in [2.24, 2.45) is 0 Å². The first-order chi connectivity index (χ1) is 9.13. The lowest BCUT2D eigenvalue weighted by Gasteiger charge is -2.11. The van der Waals surface area contributed by atoms with Crippen molar-refractivity contribution in [3.05, 3.63) is 53.9 Å². The van der Waals surface area contributed by atoms with Crippen LogP contribution in [0.2, 0.25) is 0 Å². The number of hydrogen-bond acceptors (Lipinski definition) is 2. The van der Waals surface area contributed by atoms with Crippen molar-refractivity contribution in [3.63, 3.8) is 0 Å². The van der Waals surface area contributed by atoms with Gasteiger partial charge in [0.25, 0.3) is 0 Å². The molecule has 0 aliphatic heterocycles. The third-order valence-corrected chi connectivity index (χ3v) is 3.95. The predicted octanol–water partition coefficient (Wildman–Crippen LogP) is 3.17. The van der Waals surface area contributed by atoms with E-state index in [1.807, 2.05) is 43.5 Å². The van der Waals surface area contributed by atoms with Gasteiger partial charge in [0.2, 0.25) is 0 Å². The number of carboxylic acid groups (broad SMARTS) is 1. The van der Waals surface area contributed by atoms with Crippen LogP contribution in [0.5, 0.6) is 0 Å². The number of aromatic nitrogens is 1. The molecule has 0 spiro atoms. The zero-order chi connectivity index (χ0) is 13.5. The highest BCUT2D eigenvalue weighted by atomic mass is 16.4. The molecule has 1 aliphatic rings. The number of aryl methyl sites for hydroxylation is 1. The number of carbonyl (C=O) groups is 1. The third kappa shape index (κ3) is 1.91. The number of aliphatic carboxylic acids is 1. The summed E-state index contributed by atoms with van der Waals surface area (Å²) in [5.41, 5.74) is 3.62. The summed E-state index contributed by atoms with van der Waals surface area (Å²) >= 11 is 0. The quantitative estimate of drug-likeness (QED) is 0.914. The van der Waals surface area contributed by atoms with Gasteiger partial charge in [-0.15, -0.1) is 0 Å². The highest BCUT2D eigenvalue weighted by Gasteiger charge is 2.51. The van der Waals surface area contributed by atoms with Crippen molar-refractivity contribution in [2.45, 2.75) is 25.2 Å². The minimum atomic E-state index is -0.710. The van der Waals surface area contributed by atoms with E-state index in [2.05, 4.69) is 4.98 Å². The van der Waals surface area contributed by atoms with E-state index in [9.17, 15) is 9.90 Å². The molecule has 2 aromatic rings. The maximum atomic E-state index is 11.3. The summed E-state index contributed by atoms with van der Waals surface area (Å²) < 4.78 is 0. The highest BCUT2D eigenvalue weighted by molar-refractivity contribution is 5.85. The maximum Gasteiger partial charge on any atom is 0.314 e. The van der Waals surface area contributed by atoms with Crippen molar-refractivity contribution < 1.29 is 9.90 Å². The van der Waals surface area contributed by atoms with Gasteiger partial charge < -0.3 is 5.11 Å². The molecular weight excluding hydrogens is 238 g/mol. The van der Waals surface area contributed by atoms with Gasteiger partial charge in [0.1, 0.15) is 0 Å². The minimum absolute atomic E-state index is 0.623. The average Bonchev–Trinajstić information content (AvgIpc) is 3.21. The Hall–Kier alpha value is -2.16. The van der Waals surface area contributed by atoms with Crippen molar-refractivity contribution in [2.75, 3.05) is 0 Å². The molecule has 0 amide bonds. The lowest BCUT2D eigenvalue weighted by atomic mass is 9.93. The van der Waals surface area contributed by atoms with E-state index in [-0.39, 0.29) is 0 Å². The minimum Gasteiger partial charge on any atom is -0.481 e. The molecule has 1 heterocycles. The fourth-order valence-electron chi connectivity index (χ4n) is 2.49. The predicted molar refractivity (Wildman–Crippen MR) is 73.0 cm³/mol. The van der Waals surface area contributed by atoms with Gasteiger partial charge in [-0.1, -0.05) is 24.3 Å². The molecule has 1 saturated carbocycles. The summed E-state index contributed by atoms with van der Waals surface area (Å²) in [4.78, 5) is 15.4. The van der Waals surface area contributed by atoms with Gasteiger partial charge in [-0.25, -0.2) is 0 Å². The molecule has 3 heteroatoms. The number of benzene rings is 1. The van der Waals surface area contributed by atoms with Gasteiger partial charge in [0.05, 0.1) is 5.41 Å². The normalized spacial score (nSPS) is 16.1. The molecule has 0 atom stereocenters. The molecule has 19 heavy (non-hydrogen) atoms. The smallest absolute Gasteiger partial charge is 0.314 e. The van der Waals surface area contributed by atoms with Gasteiger partial charge in [-0.3, -0.25) is 9.78 Å². The monoisotopic (exact) mass is 253 g/mol. The van der Waals surface area contributed by atoms with E-state index in [1.165, 1.54) is 5.56 Å². The standard InChI is InChI=1S/C16H15NO2/c1-11-6-9-17-10-14(11)12-2-4-13(5-3-12)16(7-8-16)15(18)19/h2-6,9-10H,7-8H2,1H3,(H,18,19). The van der Waals surface area contributed by atoms with Crippen LogP contribution in [-0.4, -0.2) is 16.1 Å². The van der Waals surface area contributed by atoms with Gasteiger partial charge >= 0.3 is 5.97 Å². The number of hydrogen-bond donors (Lipinski definition) is 1. The number of carboxylic acids is 1. The van der Waals surface area contributed by atoms with Crippen LogP contribution in [0.15, 0.2) is 42.7 Å². The number of pyridine rings is 1. The Morgan fingerprint density at radius 2 is 1.89 bits per heavy atom. The zero-order valence-electron chi connectivity index (χ0n) is 10.8. The largest absolute Gasteiger partial charge is 0.481 e. The van der Waals surface area contributed by atoms with Crippen LogP contribution in [0, 0.1) is 6.92 Å². The summed E-state index contributed by atoms with van der Waals surface area (Å²) in [5.74, 6) is -0.710. The molecule has 3 nitrogen and oxygen atoms in total. The molecule has 3 rings (SSSR count). The van der Waals surface area contributed by atoms with Crippen molar-refractivity contribution in [1.82, 2.24) is 4.98 Å². The van der Waals surface area contributed by atoms with Crippen LogP contribution in [-0.2, 0) is 10.2 Å². The molecule has 1 aromatic heterocycles. The molecule has 96 valence electrons. The van der Waals surface area contributed by atoms with Crippen molar-refractivity contribution in [1.29, 1.82) is 0 Å². The Bertz CT molecular complexity index is 627. The molecule has 0 radical (unpaired) electrons. The lowest BCUT2D eigenvalue weighted by molar-refractivity contribution is -0.140. The number of nitrogens with zero attached hydrogens (tertiary/aromatic N) is 1. The van der Waals surface area contributed by atoms with Crippen molar-refractivity contribution >= 4 is 5.97 Å². The van der Waals surface area contributed by atoms with E-state index in [0.29, 0.717) is 0 Å². The second-order valence-corrected chi connectivity index (χ2v) is 5.16. The molecule has 0 unspecified atom stereocenters. The number of rotatable bonds is 3. The molecule has 1 N–H and O–H groups in total. The molecule has 1 fully saturated rings. The highest BCUT2D eigenvalue weighted by Crippen LogP contribution is 2.48. The second-order valence-electron chi connectivity index (χ2n) is 5.16. The van der Waals surface area contributed by atoms with E-state index in [1.54, 1.807) is 6.20 Å². The summed E-state index contributed by atoms with van der Waals surface area (Å²) in [6, 6.07) is 9.82. The second kappa shape index (κ2) is 4.19. The molecular formula is C16H15NO2. The van der Waals surface area contributed by atoms with Crippen LogP contribution in [0.25, 0.3) is 11.1 Å². The van der Waals surface area contributed by atoms with E-state index in [4.69, 9.17) is 0 Å². The molecule has 1 aromatic carbocycles. The van der Waals surface area contributed by atoms with Gasteiger partial charge in [-0.2, -0.15) is 0 Å². The maximum absolute atomic E-state index is 11.3. The summed E-state index contributed by atoms with van der Waals surface area (Å²) in [6.45, 7) is 2.05. The Labute approximate surface area is 111 Å². The first-order valence-electron chi connectivity index (χ1n) is 6.38. The fourth-order valence-corrected chi connectivity index (χ4v) is 2.49. The topological polar surface area (TPSA) is 50.2 Å². The Kier molecular flexibility index (Phi) is 2.63. The van der Waals surface area contributed by atoms with Gasteiger partial charge in [-0.05, 0) is 42.5 Å². The zero-order valence-corrected chi connectivity index (χ0v) is 10.8. The van der Waals surface area contributed by atoms with Crippen LogP contribution < -0.4 is 0 Å². The van der Waals surface area contributed by atoms with Crippen molar-refractivity contribution in [3.8, 4) is 11.1 Å². The molecule has 0 bridgehead atoms. The first-order valence-corrected chi connectivity index (χ1v) is 6.38. The van der Waals surface area contributed by atoms with Gasteiger partial charge in [0, 0.05) is 18.0 Å². The summed E-state index contributed by atoms with van der Waals surface area (Å²) in [6.07, 6.45) is 5.10. The molecule has 1 aliphatic carbocycles. The summed E-state index contributed by atoms with van der Waals surface area (Å²) in [7, 11) is 0. The van der Waals surface area contributed by atoms with E-state index >= 15 is 0 Å². The van der Waals surface area contributed by atoms with Crippen LogP contribution in [0.3, 0.4) is 0 Å². The van der Waals surface area contributed by atoms with Crippen LogP contribution >= 0.6 is 0 Å². The Morgan fingerprint density at radius 1 is 1.21 bits per heavy atom. The Balaban J connectivity index is 1.96. The summed E-state index contributed by atoms with van der Waals surface area (Å²) in [5, 5.41) is 9.28. The lowest BCUT2D eigenvalue weighted by Crippen LogP contribution is -2.19. The SMILES string of the molecule is Cc1ccncc1-c1ccc(C2(C(=O)O)CC2)cc1. The van der Waals surface area contributed by atoms with Crippen LogP contribution in [0.1, 0.15) is 24.0 Å². The van der Waals surface area contributed by atoms with E-state index in [0.717, 1.165) is 29.5 Å².